The summed E-state index contributed by atoms with van der Waals surface area (Å²) in [7, 11) is 0. The largest absolute Gasteiger partial charge is 0.454 e. The van der Waals surface area contributed by atoms with E-state index in [0.29, 0.717) is 28.0 Å². The van der Waals surface area contributed by atoms with Crippen LogP contribution >= 0.6 is 23.2 Å². The van der Waals surface area contributed by atoms with Crippen LogP contribution in [0.2, 0.25) is 10.0 Å². The summed E-state index contributed by atoms with van der Waals surface area (Å²) in [6.45, 7) is 0.758. The molecule has 0 fully saturated rings. The van der Waals surface area contributed by atoms with Crippen molar-refractivity contribution >= 4 is 34.8 Å². The fourth-order valence-electron chi connectivity index (χ4n) is 2.12. The van der Waals surface area contributed by atoms with Crippen LogP contribution in [0.5, 0.6) is 11.5 Å². The number of benzene rings is 2. The lowest BCUT2D eigenvalue weighted by atomic mass is 10.2. The molecule has 3 rings (SSSR count). The number of carbonyl (C=O) groups is 1. The quantitative estimate of drug-likeness (QED) is 0.865. The number of nitrogens with one attached hydrogen (secondary N) is 2. The van der Waals surface area contributed by atoms with Gasteiger partial charge < -0.3 is 20.1 Å². The Morgan fingerprint density at radius 3 is 2.74 bits per heavy atom. The van der Waals surface area contributed by atoms with Gasteiger partial charge in [-0.05, 0) is 35.9 Å². The predicted molar refractivity (Wildman–Crippen MR) is 89.4 cm³/mol. The molecule has 0 spiro atoms. The minimum absolute atomic E-state index is 0.117. The fourth-order valence-corrected chi connectivity index (χ4v) is 2.60. The van der Waals surface area contributed by atoms with Gasteiger partial charge in [0.05, 0.1) is 17.3 Å². The highest BCUT2D eigenvalue weighted by atomic mass is 35.5. The van der Waals surface area contributed by atoms with Crippen molar-refractivity contribution in [2.45, 2.75) is 6.54 Å². The van der Waals surface area contributed by atoms with Gasteiger partial charge >= 0.3 is 0 Å². The Morgan fingerprint density at radius 2 is 1.91 bits per heavy atom. The van der Waals surface area contributed by atoms with Gasteiger partial charge in [-0.25, -0.2) is 0 Å². The van der Waals surface area contributed by atoms with Gasteiger partial charge in [-0.2, -0.15) is 0 Å². The molecule has 5 nitrogen and oxygen atoms in total. The lowest BCUT2D eigenvalue weighted by Crippen LogP contribution is -2.29. The fraction of sp³-hybridized carbons (Fsp3) is 0.188. The van der Waals surface area contributed by atoms with Crippen molar-refractivity contribution in [2.24, 2.45) is 0 Å². The van der Waals surface area contributed by atoms with E-state index in [2.05, 4.69) is 10.6 Å². The summed E-state index contributed by atoms with van der Waals surface area (Å²) in [6.07, 6.45) is 0. The normalized spacial score (nSPS) is 12.1. The van der Waals surface area contributed by atoms with Gasteiger partial charge in [-0.3, -0.25) is 4.79 Å². The molecule has 0 radical (unpaired) electrons. The molecule has 0 atom stereocenters. The van der Waals surface area contributed by atoms with E-state index in [4.69, 9.17) is 32.7 Å². The number of ether oxygens (including phenoxy) is 2. The Hall–Kier alpha value is -2.11. The van der Waals surface area contributed by atoms with Gasteiger partial charge in [0.15, 0.2) is 11.5 Å². The molecule has 0 bridgehead atoms. The highest BCUT2D eigenvalue weighted by molar-refractivity contribution is 6.36. The second-order valence-corrected chi connectivity index (χ2v) is 5.79. The van der Waals surface area contributed by atoms with Gasteiger partial charge in [0.25, 0.3) is 0 Å². The molecule has 1 aliphatic heterocycles. The zero-order valence-electron chi connectivity index (χ0n) is 12.1. The van der Waals surface area contributed by atoms with Crippen molar-refractivity contribution in [3.63, 3.8) is 0 Å². The maximum atomic E-state index is 11.9. The van der Waals surface area contributed by atoms with E-state index < -0.39 is 0 Å². The Kier molecular flexibility index (Phi) is 4.79. The minimum atomic E-state index is -0.145. The molecule has 2 aromatic carbocycles. The molecule has 0 aliphatic carbocycles. The number of amides is 1. The van der Waals surface area contributed by atoms with E-state index in [1.807, 2.05) is 18.2 Å². The highest BCUT2D eigenvalue weighted by Crippen LogP contribution is 2.32. The van der Waals surface area contributed by atoms with E-state index in [9.17, 15) is 4.79 Å². The van der Waals surface area contributed by atoms with Gasteiger partial charge in [-0.15, -0.1) is 0 Å². The average molecular weight is 353 g/mol. The summed E-state index contributed by atoms with van der Waals surface area (Å²) in [6, 6.07) is 10.6. The molecule has 1 heterocycles. The lowest BCUT2D eigenvalue weighted by molar-refractivity contribution is -0.119. The molecule has 1 aliphatic rings. The number of fused-ring (bicyclic) bond motifs is 1. The summed E-state index contributed by atoms with van der Waals surface area (Å²) in [5.74, 6) is 1.27. The highest BCUT2D eigenvalue weighted by Gasteiger charge is 2.13. The number of anilines is 1. The topological polar surface area (TPSA) is 59.6 Å². The molecule has 1 amide bonds. The number of carbonyl (C=O) groups excluding carboxylic acids is 1. The molecular weight excluding hydrogens is 339 g/mol. The Balaban J connectivity index is 1.50. The van der Waals surface area contributed by atoms with Crippen LogP contribution in [-0.4, -0.2) is 19.2 Å². The second-order valence-electron chi connectivity index (χ2n) is 4.94. The molecular formula is C16H14Cl2N2O3. The van der Waals surface area contributed by atoms with Gasteiger partial charge in [0, 0.05) is 11.6 Å². The second kappa shape index (κ2) is 6.98. The Labute approximate surface area is 143 Å². The molecule has 7 heteroatoms. The Morgan fingerprint density at radius 1 is 1.09 bits per heavy atom. The van der Waals surface area contributed by atoms with E-state index in [-0.39, 0.29) is 19.2 Å². The minimum Gasteiger partial charge on any atom is -0.454 e. The standard InChI is InChI=1S/C16H14Cl2N2O3/c17-11-2-3-13(12(18)6-11)19-8-16(21)20-7-10-1-4-14-15(5-10)23-9-22-14/h1-6,19H,7-9H2,(H,20,21). The monoisotopic (exact) mass is 352 g/mol. The van der Waals surface area contributed by atoms with Crippen LogP contribution in [0, 0.1) is 0 Å². The van der Waals surface area contributed by atoms with Crippen LogP contribution in [0.4, 0.5) is 5.69 Å². The van der Waals surface area contributed by atoms with Gasteiger partial charge in [0.2, 0.25) is 12.7 Å². The molecule has 120 valence electrons. The maximum absolute atomic E-state index is 11.9. The Bertz CT molecular complexity index is 737. The maximum Gasteiger partial charge on any atom is 0.239 e. The number of halogens is 2. The summed E-state index contributed by atoms with van der Waals surface area (Å²) in [4.78, 5) is 11.9. The molecule has 0 aromatic heterocycles. The van der Waals surface area contributed by atoms with Crippen LogP contribution in [0.25, 0.3) is 0 Å². The summed E-state index contributed by atoms with van der Waals surface area (Å²) >= 11 is 11.9. The van der Waals surface area contributed by atoms with Gasteiger partial charge in [0.1, 0.15) is 0 Å². The third-order valence-corrected chi connectivity index (χ3v) is 3.84. The zero-order valence-corrected chi connectivity index (χ0v) is 13.6. The molecule has 2 N–H and O–H groups in total. The third kappa shape index (κ3) is 4.00. The van der Waals surface area contributed by atoms with Crippen LogP contribution < -0.4 is 20.1 Å². The van der Waals surface area contributed by atoms with Crippen molar-refractivity contribution in [1.29, 1.82) is 0 Å². The number of rotatable bonds is 5. The van der Waals surface area contributed by atoms with E-state index in [1.54, 1.807) is 18.2 Å². The van der Waals surface area contributed by atoms with Crippen molar-refractivity contribution in [3.8, 4) is 11.5 Å². The third-order valence-electron chi connectivity index (χ3n) is 3.30. The van der Waals surface area contributed by atoms with Crippen molar-refractivity contribution < 1.29 is 14.3 Å². The molecule has 2 aromatic rings. The average Bonchev–Trinajstić information content (AvgIpc) is 2.99. The lowest BCUT2D eigenvalue weighted by Gasteiger charge is -2.10. The zero-order chi connectivity index (χ0) is 16.2. The smallest absolute Gasteiger partial charge is 0.239 e. The summed E-state index contributed by atoms with van der Waals surface area (Å²) in [5, 5.41) is 6.82. The first-order valence-electron chi connectivity index (χ1n) is 6.96. The van der Waals surface area contributed by atoms with Crippen LogP contribution in [0.1, 0.15) is 5.56 Å². The van der Waals surface area contributed by atoms with Crippen molar-refractivity contribution in [3.05, 3.63) is 52.0 Å². The molecule has 0 unspecified atom stereocenters. The number of hydrogen-bond donors (Lipinski definition) is 2. The van der Waals surface area contributed by atoms with E-state index >= 15 is 0 Å². The van der Waals surface area contributed by atoms with Crippen LogP contribution in [0.15, 0.2) is 36.4 Å². The van der Waals surface area contributed by atoms with Gasteiger partial charge in [-0.1, -0.05) is 29.3 Å². The first-order chi connectivity index (χ1) is 11.1. The number of hydrogen-bond acceptors (Lipinski definition) is 4. The summed E-state index contributed by atoms with van der Waals surface area (Å²) in [5.41, 5.74) is 1.60. The first-order valence-corrected chi connectivity index (χ1v) is 7.71. The molecule has 23 heavy (non-hydrogen) atoms. The summed E-state index contributed by atoms with van der Waals surface area (Å²) < 4.78 is 10.5. The predicted octanol–water partition coefficient (Wildman–Crippen LogP) is 3.45. The van der Waals surface area contributed by atoms with Crippen LogP contribution in [-0.2, 0) is 11.3 Å². The van der Waals surface area contributed by atoms with Crippen LogP contribution in [0.3, 0.4) is 0 Å². The van der Waals surface area contributed by atoms with E-state index in [1.165, 1.54) is 0 Å². The van der Waals surface area contributed by atoms with Crippen molar-refractivity contribution in [1.82, 2.24) is 5.32 Å². The first kappa shape index (κ1) is 15.8. The van der Waals surface area contributed by atoms with E-state index in [0.717, 1.165) is 11.3 Å². The molecule has 0 saturated heterocycles. The SMILES string of the molecule is O=C(CNc1ccc(Cl)cc1Cl)NCc1ccc2c(c1)OCO2. The molecule has 0 saturated carbocycles. The van der Waals surface area contributed by atoms with Crippen molar-refractivity contribution in [2.75, 3.05) is 18.7 Å².